The number of nitrogens with zero attached hydrogens (tertiary/aromatic N) is 2. The number of ketones is 1. The number of aliphatic hydroxyl groups is 2. The number of aryl methyl sites for hydroxylation is 2. The van der Waals surface area contributed by atoms with Gasteiger partial charge in [0.05, 0.1) is 17.3 Å². The quantitative estimate of drug-likeness (QED) is 0.156. The maximum atomic E-state index is 14.8. The first kappa shape index (κ1) is 34.3. The number of hydrogen-bond acceptors (Lipinski definition) is 6. The highest BCUT2D eigenvalue weighted by atomic mass is 35.5. The highest BCUT2D eigenvalue weighted by Crippen LogP contribution is 2.59. The third-order valence-electron chi connectivity index (χ3n) is 10.2. The molecule has 2 N–H and O–H groups in total. The molecule has 2 bridgehead atoms. The molecule has 242 valence electrons. The summed E-state index contributed by atoms with van der Waals surface area (Å²) in [5.41, 5.74) is 4.01. The molecule has 2 aromatic carbocycles. The first-order valence-corrected chi connectivity index (χ1v) is 17.4. The number of allylic oxidation sites excluding steroid dienone is 2. The minimum Gasteiger partial charge on any atom is -0.393 e. The van der Waals surface area contributed by atoms with Crippen LogP contribution in [0.4, 0.5) is 4.39 Å². The Kier molecular flexibility index (Phi) is 10.4. The Morgan fingerprint density at radius 2 is 1.96 bits per heavy atom. The zero-order chi connectivity index (χ0) is 33.2. The lowest BCUT2D eigenvalue weighted by Crippen LogP contribution is -2.46. The van der Waals surface area contributed by atoms with Crippen LogP contribution in [0.15, 0.2) is 59.1 Å². The standard InChI is InChI=1S/C38H42ClFN2O3S/c1-23-7-6-15-37(4)32(14-16-38(37,45)22-46-36-31(21-41)24(2)17-25(3)42-36)28-13-11-26(18-27(43)12-10-23)19-29(28)35(44)20-30-33(39)8-5-9-34(30)40/h5,7-9,11,13,17,19,27,32,43,45H,6,10,12,14-16,18,20,22H2,1-4H3/t27-,32-,37-,38+/m0/s1. The fourth-order valence-corrected chi connectivity index (χ4v) is 9.05. The van der Waals surface area contributed by atoms with Crippen LogP contribution in [0.5, 0.6) is 0 Å². The van der Waals surface area contributed by atoms with Crippen LogP contribution in [-0.2, 0) is 12.8 Å². The van der Waals surface area contributed by atoms with Crippen molar-refractivity contribution < 1.29 is 19.4 Å². The van der Waals surface area contributed by atoms with Crippen LogP contribution in [0.1, 0.15) is 102 Å². The van der Waals surface area contributed by atoms with Crippen LogP contribution < -0.4 is 0 Å². The lowest BCUT2D eigenvalue weighted by atomic mass is 9.65. The lowest BCUT2D eigenvalue weighted by molar-refractivity contribution is -0.0422. The van der Waals surface area contributed by atoms with Crippen molar-refractivity contribution in [3.8, 4) is 6.07 Å². The Labute approximate surface area is 280 Å². The molecule has 1 fully saturated rings. The van der Waals surface area contributed by atoms with Crippen LogP contribution >= 0.6 is 23.4 Å². The number of fused-ring (bicyclic) bond motifs is 8. The average Bonchev–Trinajstić information content (AvgIpc) is 3.26. The summed E-state index contributed by atoms with van der Waals surface area (Å²) >= 11 is 7.76. The number of hydrogen-bond donors (Lipinski definition) is 2. The van der Waals surface area contributed by atoms with E-state index in [2.05, 4.69) is 31.0 Å². The molecule has 6 rings (SSSR count). The molecule has 1 saturated carbocycles. The molecule has 1 aromatic heterocycles. The molecular formula is C38H42ClFN2O3S. The van der Waals surface area contributed by atoms with Gasteiger partial charge in [0, 0.05) is 39.4 Å². The third kappa shape index (κ3) is 6.96. The minimum absolute atomic E-state index is 0.161. The number of rotatable bonds is 6. The molecule has 0 saturated heterocycles. The number of carbonyl (C=O) groups excluding carboxylic acids is 1. The van der Waals surface area contributed by atoms with E-state index in [4.69, 9.17) is 11.6 Å². The summed E-state index contributed by atoms with van der Waals surface area (Å²) in [5.74, 6) is -0.573. The van der Waals surface area contributed by atoms with Gasteiger partial charge in [-0.05, 0) is 113 Å². The van der Waals surface area contributed by atoms with E-state index in [1.807, 2.05) is 38.1 Å². The summed E-state index contributed by atoms with van der Waals surface area (Å²) < 4.78 is 14.8. The number of carbonyl (C=O) groups is 1. The van der Waals surface area contributed by atoms with Crippen molar-refractivity contribution in [2.24, 2.45) is 5.41 Å². The number of aromatic nitrogens is 1. The maximum Gasteiger partial charge on any atom is 0.167 e. The van der Waals surface area contributed by atoms with Gasteiger partial charge >= 0.3 is 0 Å². The summed E-state index contributed by atoms with van der Waals surface area (Å²) in [6.07, 6.45) is 5.81. The molecule has 0 spiro atoms. The van der Waals surface area contributed by atoms with E-state index in [0.29, 0.717) is 54.0 Å². The fourth-order valence-electron chi connectivity index (χ4n) is 7.41. The number of aliphatic hydroxyl groups excluding tert-OH is 1. The zero-order valence-corrected chi connectivity index (χ0v) is 28.6. The number of thioether (sulfide) groups is 1. The summed E-state index contributed by atoms with van der Waals surface area (Å²) in [7, 11) is 0. The largest absolute Gasteiger partial charge is 0.393 e. The van der Waals surface area contributed by atoms with Gasteiger partial charge in [0.15, 0.2) is 5.78 Å². The minimum atomic E-state index is -1.11. The molecule has 0 unspecified atom stereocenters. The monoisotopic (exact) mass is 660 g/mol. The number of nitriles is 1. The van der Waals surface area contributed by atoms with Gasteiger partial charge in [0.1, 0.15) is 16.9 Å². The summed E-state index contributed by atoms with van der Waals surface area (Å²) in [6.45, 7) is 8.02. The second-order valence-corrected chi connectivity index (χ2v) is 14.8. The Morgan fingerprint density at radius 1 is 1.17 bits per heavy atom. The molecule has 4 atom stereocenters. The van der Waals surface area contributed by atoms with E-state index in [0.717, 1.165) is 35.2 Å². The number of pyridine rings is 1. The lowest BCUT2D eigenvalue weighted by Gasteiger charge is -2.44. The maximum absolute atomic E-state index is 14.8. The number of Topliss-reactive ketones (excluding diaryl/α,β-unsaturated/α-hetero) is 1. The molecule has 3 aliphatic carbocycles. The van der Waals surface area contributed by atoms with Gasteiger partial charge in [-0.1, -0.05) is 48.4 Å². The van der Waals surface area contributed by atoms with Crippen molar-refractivity contribution >= 4 is 29.1 Å². The smallest absolute Gasteiger partial charge is 0.167 e. The molecule has 3 aliphatic rings. The van der Waals surface area contributed by atoms with Gasteiger partial charge in [0.2, 0.25) is 0 Å². The van der Waals surface area contributed by atoms with Crippen molar-refractivity contribution in [2.45, 2.75) is 102 Å². The molecule has 0 amide bonds. The Hall–Kier alpha value is -3.02. The summed E-state index contributed by atoms with van der Waals surface area (Å²) in [6, 6.07) is 14.4. The van der Waals surface area contributed by atoms with Gasteiger partial charge in [0.25, 0.3) is 0 Å². The second-order valence-electron chi connectivity index (χ2n) is 13.4. The highest BCUT2D eigenvalue weighted by Gasteiger charge is 2.56. The molecule has 8 heteroatoms. The molecule has 5 nitrogen and oxygen atoms in total. The third-order valence-corrected chi connectivity index (χ3v) is 11.8. The van der Waals surface area contributed by atoms with Crippen molar-refractivity contribution in [1.82, 2.24) is 4.98 Å². The SMILES string of the molecule is CC1=CCC[C@@]2(C)[C@@H](CC[C@@]2(O)CSc2nc(C)cc(C)c2C#N)c2ccc(cc2C(=O)Cc2c(F)cccc2Cl)C[C@@H](O)CC1. The van der Waals surface area contributed by atoms with E-state index in [1.54, 1.807) is 6.07 Å². The van der Waals surface area contributed by atoms with Gasteiger partial charge in [-0.15, -0.1) is 11.8 Å². The summed E-state index contributed by atoms with van der Waals surface area (Å²) in [4.78, 5) is 18.7. The van der Waals surface area contributed by atoms with Crippen LogP contribution in [0.25, 0.3) is 0 Å². The first-order valence-electron chi connectivity index (χ1n) is 16.0. The van der Waals surface area contributed by atoms with Crippen molar-refractivity contribution in [1.29, 1.82) is 5.26 Å². The average molecular weight is 661 g/mol. The molecule has 46 heavy (non-hydrogen) atoms. The van der Waals surface area contributed by atoms with E-state index in [-0.39, 0.29) is 28.7 Å². The van der Waals surface area contributed by atoms with E-state index < -0.39 is 22.9 Å². The fraction of sp³-hybridized carbons (Fsp3) is 0.447. The molecule has 0 aliphatic heterocycles. The highest BCUT2D eigenvalue weighted by molar-refractivity contribution is 7.99. The Bertz CT molecular complexity index is 1700. The number of benzene rings is 2. The predicted molar refractivity (Wildman–Crippen MR) is 182 cm³/mol. The van der Waals surface area contributed by atoms with E-state index in [9.17, 15) is 24.7 Å². The molecule has 3 aromatic rings. The molecule has 0 radical (unpaired) electrons. The van der Waals surface area contributed by atoms with Crippen LogP contribution in [0.2, 0.25) is 5.02 Å². The summed E-state index contributed by atoms with van der Waals surface area (Å²) in [5, 5.41) is 34.1. The zero-order valence-electron chi connectivity index (χ0n) is 27.0. The Morgan fingerprint density at radius 3 is 2.70 bits per heavy atom. The first-order chi connectivity index (χ1) is 21.8. The second kappa shape index (κ2) is 14.0. The topological polar surface area (TPSA) is 94.2 Å². The van der Waals surface area contributed by atoms with Crippen molar-refractivity contribution in [3.63, 3.8) is 0 Å². The van der Waals surface area contributed by atoms with E-state index >= 15 is 0 Å². The normalized spacial score (nSPS) is 25.0. The predicted octanol–water partition coefficient (Wildman–Crippen LogP) is 8.62. The van der Waals surface area contributed by atoms with Gasteiger partial charge in [-0.3, -0.25) is 4.79 Å². The van der Waals surface area contributed by atoms with Crippen LogP contribution in [0, 0.1) is 36.4 Å². The van der Waals surface area contributed by atoms with E-state index in [1.165, 1.54) is 29.5 Å². The molecule has 1 heterocycles. The molecular weight excluding hydrogens is 619 g/mol. The van der Waals surface area contributed by atoms with Crippen LogP contribution in [-0.4, -0.2) is 38.4 Å². The van der Waals surface area contributed by atoms with Gasteiger partial charge < -0.3 is 10.2 Å². The van der Waals surface area contributed by atoms with Gasteiger partial charge in [-0.25, -0.2) is 9.37 Å². The number of halogens is 2. The Balaban J connectivity index is 1.58. The van der Waals surface area contributed by atoms with Crippen molar-refractivity contribution in [2.75, 3.05) is 5.75 Å². The van der Waals surface area contributed by atoms with Crippen molar-refractivity contribution in [3.05, 3.63) is 104 Å². The van der Waals surface area contributed by atoms with Crippen LogP contribution in [0.3, 0.4) is 0 Å². The van der Waals surface area contributed by atoms with Gasteiger partial charge in [-0.2, -0.15) is 5.26 Å².